The zero-order valence-corrected chi connectivity index (χ0v) is 9.55. The predicted octanol–water partition coefficient (Wildman–Crippen LogP) is 2.52. The molecule has 0 spiro atoms. The molecule has 0 saturated heterocycles. The van der Waals surface area contributed by atoms with Crippen LogP contribution in [0.15, 0.2) is 18.2 Å². The number of anilines is 1. The molecule has 0 bridgehead atoms. The van der Waals surface area contributed by atoms with E-state index in [1.165, 1.54) is 5.56 Å². The Balaban J connectivity index is 2.41. The van der Waals surface area contributed by atoms with Gasteiger partial charge in [0, 0.05) is 12.1 Å². The molecule has 0 amide bonds. The van der Waals surface area contributed by atoms with Crippen LogP contribution in [0.4, 0.5) is 5.69 Å². The number of Topliss-reactive ketones (excluding diaryl/α,β-unsaturated/α-hetero) is 1. The highest BCUT2D eigenvalue weighted by atomic mass is 16.1. The highest BCUT2D eigenvalue weighted by molar-refractivity contribution is 5.89. The molecule has 2 heteroatoms. The lowest BCUT2D eigenvalue weighted by Gasteiger charge is -2.23. The van der Waals surface area contributed by atoms with E-state index in [1.807, 2.05) is 0 Å². The first-order valence-electron chi connectivity index (χ1n) is 5.36. The van der Waals surface area contributed by atoms with Gasteiger partial charge in [-0.3, -0.25) is 4.79 Å². The van der Waals surface area contributed by atoms with Gasteiger partial charge in [0.05, 0.1) is 6.54 Å². The Bertz CT molecular complexity index is 401. The zero-order chi connectivity index (χ0) is 11.1. The van der Waals surface area contributed by atoms with Crippen molar-refractivity contribution in [3.05, 3.63) is 29.3 Å². The summed E-state index contributed by atoms with van der Waals surface area (Å²) >= 11 is 0. The molecule has 1 aromatic rings. The Hall–Kier alpha value is -1.31. The smallest absolute Gasteiger partial charge is 0.156 e. The standard InChI is InChI=1S/C13H17NO/c1-13(2,3)10-4-5-12-9(6-10)7-11(15)8-14-12/h4-6,14H,7-8H2,1-3H3. The zero-order valence-electron chi connectivity index (χ0n) is 9.55. The Morgan fingerprint density at radius 2 is 2.00 bits per heavy atom. The van der Waals surface area contributed by atoms with Crippen LogP contribution in [0.2, 0.25) is 0 Å². The molecular formula is C13H17NO. The number of rotatable bonds is 0. The normalized spacial score (nSPS) is 15.8. The minimum atomic E-state index is 0.148. The summed E-state index contributed by atoms with van der Waals surface area (Å²) in [6.45, 7) is 7.04. The van der Waals surface area contributed by atoms with Crippen LogP contribution in [0.25, 0.3) is 0 Å². The number of fused-ring (bicyclic) bond motifs is 1. The maximum absolute atomic E-state index is 11.3. The van der Waals surface area contributed by atoms with Crippen LogP contribution in [-0.2, 0) is 16.6 Å². The molecule has 0 aliphatic carbocycles. The topological polar surface area (TPSA) is 29.1 Å². The monoisotopic (exact) mass is 203 g/mol. The second-order valence-electron chi connectivity index (χ2n) is 5.19. The number of benzene rings is 1. The van der Waals surface area contributed by atoms with Crippen molar-refractivity contribution < 1.29 is 4.79 Å². The van der Waals surface area contributed by atoms with E-state index in [1.54, 1.807) is 0 Å². The third-order valence-electron chi connectivity index (χ3n) is 2.83. The van der Waals surface area contributed by atoms with Gasteiger partial charge < -0.3 is 5.32 Å². The summed E-state index contributed by atoms with van der Waals surface area (Å²) in [6, 6.07) is 6.38. The van der Waals surface area contributed by atoms with Gasteiger partial charge in [0.25, 0.3) is 0 Å². The first-order chi connectivity index (χ1) is 6.97. The number of nitrogens with one attached hydrogen (secondary N) is 1. The van der Waals surface area contributed by atoms with E-state index in [-0.39, 0.29) is 11.2 Å². The maximum Gasteiger partial charge on any atom is 0.156 e. The molecule has 1 aliphatic rings. The van der Waals surface area contributed by atoms with E-state index in [4.69, 9.17) is 0 Å². The van der Waals surface area contributed by atoms with E-state index in [2.05, 4.69) is 44.3 Å². The Morgan fingerprint density at radius 3 is 2.67 bits per heavy atom. The fourth-order valence-electron chi connectivity index (χ4n) is 1.85. The van der Waals surface area contributed by atoms with Crippen molar-refractivity contribution >= 4 is 11.5 Å². The molecule has 1 aromatic carbocycles. The van der Waals surface area contributed by atoms with Crippen LogP contribution in [-0.4, -0.2) is 12.3 Å². The number of ketones is 1. The van der Waals surface area contributed by atoms with Gasteiger partial charge in [-0.2, -0.15) is 0 Å². The summed E-state index contributed by atoms with van der Waals surface area (Å²) in [4.78, 5) is 11.3. The van der Waals surface area contributed by atoms with Crippen molar-refractivity contribution in [3.8, 4) is 0 Å². The number of carbonyl (C=O) groups excluding carboxylic acids is 1. The van der Waals surface area contributed by atoms with Gasteiger partial charge in [0.2, 0.25) is 0 Å². The minimum Gasteiger partial charge on any atom is -0.378 e. The highest BCUT2D eigenvalue weighted by Crippen LogP contribution is 2.28. The molecular weight excluding hydrogens is 186 g/mol. The first kappa shape index (κ1) is 10.2. The lowest BCUT2D eigenvalue weighted by molar-refractivity contribution is -0.117. The molecule has 0 radical (unpaired) electrons. The summed E-state index contributed by atoms with van der Waals surface area (Å²) in [6.07, 6.45) is 0.576. The van der Waals surface area contributed by atoms with Crippen LogP contribution in [0.1, 0.15) is 31.9 Å². The van der Waals surface area contributed by atoms with Gasteiger partial charge in [-0.05, 0) is 22.6 Å². The molecule has 2 nitrogen and oxygen atoms in total. The van der Waals surface area contributed by atoms with Crippen molar-refractivity contribution in [2.45, 2.75) is 32.6 Å². The van der Waals surface area contributed by atoms with Crippen molar-refractivity contribution in [2.75, 3.05) is 11.9 Å². The Kier molecular flexibility index (Phi) is 2.29. The average molecular weight is 203 g/mol. The van der Waals surface area contributed by atoms with Gasteiger partial charge >= 0.3 is 0 Å². The van der Waals surface area contributed by atoms with Gasteiger partial charge in [-0.25, -0.2) is 0 Å². The third kappa shape index (κ3) is 2.04. The van der Waals surface area contributed by atoms with Crippen LogP contribution in [0.3, 0.4) is 0 Å². The van der Waals surface area contributed by atoms with Crippen LogP contribution < -0.4 is 5.32 Å². The summed E-state index contributed by atoms with van der Waals surface area (Å²) in [5, 5.41) is 3.14. The molecule has 80 valence electrons. The fraction of sp³-hybridized carbons (Fsp3) is 0.462. The van der Waals surface area contributed by atoms with Crippen molar-refractivity contribution in [3.63, 3.8) is 0 Å². The van der Waals surface area contributed by atoms with Gasteiger partial charge in [0.1, 0.15) is 0 Å². The largest absolute Gasteiger partial charge is 0.378 e. The third-order valence-corrected chi connectivity index (χ3v) is 2.83. The summed E-state index contributed by atoms with van der Waals surface area (Å²) < 4.78 is 0. The predicted molar refractivity (Wildman–Crippen MR) is 62.3 cm³/mol. The van der Waals surface area contributed by atoms with Crippen LogP contribution >= 0.6 is 0 Å². The van der Waals surface area contributed by atoms with Gasteiger partial charge in [-0.1, -0.05) is 32.9 Å². The second kappa shape index (κ2) is 3.37. The van der Waals surface area contributed by atoms with Crippen molar-refractivity contribution in [2.24, 2.45) is 0 Å². The number of hydrogen-bond donors (Lipinski definition) is 1. The summed E-state index contributed by atoms with van der Waals surface area (Å²) in [5.41, 5.74) is 3.69. The van der Waals surface area contributed by atoms with Crippen LogP contribution in [0.5, 0.6) is 0 Å². The SMILES string of the molecule is CC(C)(C)c1ccc2c(c1)CC(=O)CN2. The van der Waals surface area contributed by atoms with Crippen molar-refractivity contribution in [1.29, 1.82) is 0 Å². The van der Waals surface area contributed by atoms with E-state index in [0.29, 0.717) is 13.0 Å². The molecule has 0 atom stereocenters. The first-order valence-corrected chi connectivity index (χ1v) is 5.36. The number of hydrogen-bond acceptors (Lipinski definition) is 2. The second-order valence-corrected chi connectivity index (χ2v) is 5.19. The molecule has 0 fully saturated rings. The average Bonchev–Trinajstić information content (AvgIpc) is 2.15. The molecule has 15 heavy (non-hydrogen) atoms. The Labute approximate surface area is 90.7 Å². The summed E-state index contributed by atoms with van der Waals surface area (Å²) in [5.74, 6) is 0.272. The van der Waals surface area contributed by atoms with Gasteiger partial charge in [-0.15, -0.1) is 0 Å². The lowest BCUT2D eigenvalue weighted by atomic mass is 9.85. The molecule has 0 saturated carbocycles. The quantitative estimate of drug-likeness (QED) is 0.702. The minimum absolute atomic E-state index is 0.148. The van der Waals surface area contributed by atoms with E-state index < -0.39 is 0 Å². The van der Waals surface area contributed by atoms with Crippen molar-refractivity contribution in [1.82, 2.24) is 0 Å². The molecule has 1 aliphatic heterocycles. The molecule has 1 N–H and O–H groups in total. The van der Waals surface area contributed by atoms with E-state index >= 15 is 0 Å². The molecule has 0 aromatic heterocycles. The van der Waals surface area contributed by atoms with Gasteiger partial charge in [0.15, 0.2) is 5.78 Å². The molecule has 1 heterocycles. The lowest BCUT2D eigenvalue weighted by Crippen LogP contribution is -2.23. The van der Waals surface area contributed by atoms with E-state index in [9.17, 15) is 4.79 Å². The Morgan fingerprint density at radius 1 is 1.27 bits per heavy atom. The summed E-state index contributed by atoms with van der Waals surface area (Å²) in [7, 11) is 0. The van der Waals surface area contributed by atoms with Crippen LogP contribution in [0, 0.1) is 0 Å². The number of carbonyl (C=O) groups is 1. The molecule has 0 unspecified atom stereocenters. The maximum atomic E-state index is 11.3. The highest BCUT2D eigenvalue weighted by Gasteiger charge is 2.19. The van der Waals surface area contributed by atoms with E-state index in [0.717, 1.165) is 11.3 Å². The molecule has 2 rings (SSSR count). The fourth-order valence-corrected chi connectivity index (χ4v) is 1.85.